The maximum Gasteiger partial charge on any atom is 0.262 e. The predicted molar refractivity (Wildman–Crippen MR) is 185 cm³/mol. The zero-order chi connectivity index (χ0) is 28.8. The van der Waals surface area contributed by atoms with Gasteiger partial charge in [-0.1, -0.05) is 102 Å². The summed E-state index contributed by atoms with van der Waals surface area (Å²) in [6.45, 7) is 8.65. The SMILES string of the molecule is CCN1C(=CC=C2CC(C)CC(C=Cc3sc4cc5ccccc5cc4[n+]3CC)=C2Cl)Sc2cc3ccccc3cc21. The number of halogens is 1. The van der Waals surface area contributed by atoms with Gasteiger partial charge in [0, 0.05) is 28.6 Å². The third-order valence-corrected chi connectivity index (χ3v) is 11.1. The summed E-state index contributed by atoms with van der Waals surface area (Å²) in [5.41, 5.74) is 5.06. The second kappa shape index (κ2) is 11.4. The van der Waals surface area contributed by atoms with E-state index in [1.807, 2.05) is 23.1 Å². The van der Waals surface area contributed by atoms with Crippen LogP contribution in [0, 0.1) is 5.92 Å². The number of aryl methyl sites for hydroxylation is 1. The third kappa shape index (κ3) is 5.00. The lowest BCUT2D eigenvalue weighted by molar-refractivity contribution is -0.665. The Labute approximate surface area is 261 Å². The Morgan fingerprint density at radius 1 is 0.881 bits per heavy atom. The van der Waals surface area contributed by atoms with Crippen LogP contribution in [0.3, 0.4) is 0 Å². The van der Waals surface area contributed by atoms with Gasteiger partial charge in [0.1, 0.15) is 11.2 Å². The molecule has 0 radical (unpaired) electrons. The number of hydrogen-bond acceptors (Lipinski definition) is 3. The molecule has 2 aliphatic rings. The molecule has 0 spiro atoms. The maximum atomic E-state index is 7.13. The first kappa shape index (κ1) is 27.5. The molecule has 0 N–H and O–H groups in total. The molecule has 0 amide bonds. The van der Waals surface area contributed by atoms with E-state index in [2.05, 4.69) is 127 Å². The van der Waals surface area contributed by atoms with Gasteiger partial charge >= 0.3 is 0 Å². The van der Waals surface area contributed by atoms with Crippen molar-refractivity contribution in [3.63, 3.8) is 0 Å². The van der Waals surface area contributed by atoms with Crippen LogP contribution >= 0.6 is 34.7 Å². The zero-order valence-electron chi connectivity index (χ0n) is 24.2. The first-order chi connectivity index (χ1) is 20.5. The standard InChI is InChI=1S/C37H34ClN2S2/c1-4-39-31-20-25-10-6-8-12-27(25)22-33(31)41-35(39)16-14-29-18-24(3)19-30(37(29)38)15-17-36-40(5-2)32-21-26-11-7-9-13-28(26)23-34(32)42-36/h6-17,20-24H,4-5,18-19H2,1-3H3/q+1. The number of fused-ring (bicyclic) bond motifs is 4. The molecular weight excluding hydrogens is 572 g/mol. The summed E-state index contributed by atoms with van der Waals surface area (Å²) >= 11 is 10.8. The lowest BCUT2D eigenvalue weighted by Crippen LogP contribution is -2.33. The van der Waals surface area contributed by atoms with Gasteiger partial charge < -0.3 is 4.90 Å². The highest BCUT2D eigenvalue weighted by Gasteiger charge is 2.25. The van der Waals surface area contributed by atoms with Gasteiger partial charge in [0.15, 0.2) is 0 Å². The van der Waals surface area contributed by atoms with E-state index in [9.17, 15) is 0 Å². The van der Waals surface area contributed by atoms with Crippen LogP contribution in [-0.4, -0.2) is 6.54 Å². The molecule has 0 fully saturated rings. The summed E-state index contributed by atoms with van der Waals surface area (Å²) < 4.78 is 3.74. The largest absolute Gasteiger partial charge is 0.335 e. The van der Waals surface area contributed by atoms with E-state index >= 15 is 0 Å². The number of nitrogens with zero attached hydrogens (tertiary/aromatic N) is 2. The third-order valence-electron chi connectivity index (χ3n) is 8.38. The van der Waals surface area contributed by atoms with Gasteiger partial charge in [-0.05, 0) is 89.6 Å². The molecule has 1 aliphatic carbocycles. The van der Waals surface area contributed by atoms with Gasteiger partial charge in [-0.2, -0.15) is 4.57 Å². The van der Waals surface area contributed by atoms with Crippen LogP contribution in [0.1, 0.15) is 38.6 Å². The zero-order valence-corrected chi connectivity index (χ0v) is 26.6. The fourth-order valence-electron chi connectivity index (χ4n) is 6.31. The molecule has 42 heavy (non-hydrogen) atoms. The topological polar surface area (TPSA) is 7.12 Å². The van der Waals surface area contributed by atoms with E-state index in [0.29, 0.717) is 5.92 Å². The molecule has 1 unspecified atom stereocenters. The first-order valence-electron chi connectivity index (χ1n) is 14.8. The minimum atomic E-state index is 0.545. The van der Waals surface area contributed by atoms with Crippen molar-refractivity contribution >= 4 is 78.2 Å². The predicted octanol–water partition coefficient (Wildman–Crippen LogP) is 10.9. The molecule has 1 atom stereocenters. The Morgan fingerprint density at radius 2 is 1.57 bits per heavy atom. The van der Waals surface area contributed by atoms with Crippen LogP contribution in [-0.2, 0) is 6.54 Å². The first-order valence-corrected chi connectivity index (χ1v) is 16.8. The van der Waals surface area contributed by atoms with Crippen molar-refractivity contribution in [1.82, 2.24) is 0 Å². The van der Waals surface area contributed by atoms with Crippen LogP contribution in [0.5, 0.6) is 0 Å². The van der Waals surface area contributed by atoms with E-state index < -0.39 is 0 Å². The van der Waals surface area contributed by atoms with Crippen molar-refractivity contribution in [2.24, 2.45) is 5.92 Å². The Kier molecular flexibility index (Phi) is 7.47. The average Bonchev–Trinajstić information content (AvgIpc) is 3.53. The molecule has 4 aromatic carbocycles. The summed E-state index contributed by atoms with van der Waals surface area (Å²) in [6.07, 6.45) is 11.1. The Hall–Kier alpha value is -3.31. The van der Waals surface area contributed by atoms with E-state index in [1.165, 1.54) is 63.5 Å². The normalized spacial score (nSPS) is 19.4. The van der Waals surface area contributed by atoms with Gasteiger partial charge in [-0.15, -0.1) is 0 Å². The molecule has 1 aliphatic heterocycles. The highest BCUT2D eigenvalue weighted by atomic mass is 35.5. The fourth-order valence-corrected chi connectivity index (χ4v) is 8.91. The van der Waals surface area contributed by atoms with Crippen molar-refractivity contribution in [2.45, 2.75) is 45.1 Å². The second-order valence-electron chi connectivity index (χ2n) is 11.2. The van der Waals surface area contributed by atoms with Crippen LogP contribution in [0.4, 0.5) is 5.69 Å². The van der Waals surface area contributed by atoms with Gasteiger partial charge in [0.25, 0.3) is 5.01 Å². The molecule has 1 aromatic heterocycles. The summed E-state index contributed by atoms with van der Waals surface area (Å²) in [4.78, 5) is 3.74. The number of thioether (sulfide) groups is 1. The second-order valence-corrected chi connectivity index (χ2v) is 13.8. The van der Waals surface area contributed by atoms with Crippen molar-refractivity contribution in [3.05, 3.63) is 117 Å². The molecule has 210 valence electrons. The van der Waals surface area contributed by atoms with Crippen LogP contribution in [0.15, 0.2) is 117 Å². The smallest absolute Gasteiger partial charge is 0.262 e. The van der Waals surface area contributed by atoms with Crippen molar-refractivity contribution in [3.8, 4) is 0 Å². The molecule has 5 aromatic rings. The number of benzene rings is 4. The van der Waals surface area contributed by atoms with Crippen molar-refractivity contribution in [2.75, 3.05) is 11.4 Å². The number of aromatic nitrogens is 1. The van der Waals surface area contributed by atoms with Crippen molar-refractivity contribution < 1.29 is 4.57 Å². The number of anilines is 1. The number of rotatable bonds is 5. The molecule has 0 saturated heterocycles. The Balaban J connectivity index is 1.21. The van der Waals surface area contributed by atoms with Gasteiger partial charge in [0.05, 0.1) is 10.7 Å². The number of hydrogen-bond donors (Lipinski definition) is 0. The highest BCUT2D eigenvalue weighted by molar-refractivity contribution is 8.03. The lowest BCUT2D eigenvalue weighted by Gasteiger charge is -2.23. The molecule has 2 nitrogen and oxygen atoms in total. The Bertz CT molecular complexity index is 1980. The summed E-state index contributed by atoms with van der Waals surface area (Å²) in [5.74, 6) is 0.545. The molecule has 0 saturated carbocycles. The van der Waals surface area contributed by atoms with Gasteiger partial charge in [-0.3, -0.25) is 0 Å². The molecule has 7 rings (SSSR count). The highest BCUT2D eigenvalue weighted by Crippen LogP contribution is 2.48. The maximum absolute atomic E-state index is 7.13. The van der Waals surface area contributed by atoms with Crippen LogP contribution < -0.4 is 9.47 Å². The van der Waals surface area contributed by atoms with E-state index in [-0.39, 0.29) is 0 Å². The van der Waals surface area contributed by atoms with Gasteiger partial charge in [-0.25, -0.2) is 0 Å². The van der Waals surface area contributed by atoms with Gasteiger partial charge in [0.2, 0.25) is 5.52 Å². The molecule has 2 heterocycles. The number of thiazole rings is 1. The molecular formula is C37H34ClN2S2+. The van der Waals surface area contributed by atoms with E-state index in [4.69, 9.17) is 11.6 Å². The van der Waals surface area contributed by atoms with E-state index in [1.54, 1.807) is 0 Å². The summed E-state index contributed by atoms with van der Waals surface area (Å²) in [6, 6.07) is 26.5. The molecule has 0 bridgehead atoms. The fraction of sp³-hybridized carbons (Fsp3) is 0.216. The van der Waals surface area contributed by atoms with Crippen LogP contribution in [0.25, 0.3) is 37.8 Å². The quantitative estimate of drug-likeness (QED) is 0.184. The number of allylic oxidation sites excluding steroid dienone is 6. The van der Waals surface area contributed by atoms with Crippen molar-refractivity contribution in [1.29, 1.82) is 0 Å². The van der Waals surface area contributed by atoms with E-state index in [0.717, 1.165) is 31.0 Å². The monoisotopic (exact) mass is 605 g/mol. The molecule has 5 heteroatoms. The summed E-state index contributed by atoms with van der Waals surface area (Å²) in [7, 11) is 0. The minimum Gasteiger partial charge on any atom is -0.335 e. The Morgan fingerprint density at radius 3 is 2.29 bits per heavy atom. The average molecular weight is 606 g/mol. The summed E-state index contributed by atoms with van der Waals surface area (Å²) in [5, 5.41) is 8.58. The lowest BCUT2D eigenvalue weighted by atomic mass is 9.86. The van der Waals surface area contributed by atoms with Crippen LogP contribution in [0.2, 0.25) is 0 Å². The minimum absolute atomic E-state index is 0.545.